The molecule has 0 heterocycles. The van der Waals surface area contributed by atoms with Crippen LogP contribution in [0.4, 0.5) is 0 Å². The highest BCUT2D eigenvalue weighted by molar-refractivity contribution is 5.76. The van der Waals surface area contributed by atoms with E-state index in [1.807, 2.05) is 0 Å². The number of carbonyl (C=O) groups excluding carboxylic acids is 2. The molecule has 6 heteroatoms. The zero-order chi connectivity index (χ0) is 56.4. The second-order valence-electron chi connectivity index (χ2n) is 24.6. The van der Waals surface area contributed by atoms with Crippen LogP contribution >= 0.6 is 0 Å². The first-order valence-corrected chi connectivity index (χ1v) is 35.6. The lowest BCUT2D eigenvalue weighted by Crippen LogP contribution is -2.45. The number of hydrogen-bond donors (Lipinski definition) is 3. The zero-order valence-electron chi connectivity index (χ0n) is 52.9. The van der Waals surface area contributed by atoms with Crippen molar-refractivity contribution in [3.63, 3.8) is 0 Å². The summed E-state index contributed by atoms with van der Waals surface area (Å²) in [4.78, 5) is 24.6. The highest BCUT2D eigenvalue weighted by atomic mass is 16.5. The normalized spacial score (nSPS) is 12.6. The average Bonchev–Trinajstić information content (AvgIpc) is 3.44. The molecule has 0 aliphatic rings. The Balaban J connectivity index is 3.38. The van der Waals surface area contributed by atoms with Gasteiger partial charge < -0.3 is 20.3 Å². The van der Waals surface area contributed by atoms with Gasteiger partial charge in [-0.2, -0.15) is 0 Å². The molecule has 2 unspecified atom stereocenters. The summed E-state index contributed by atoms with van der Waals surface area (Å²) in [5, 5.41) is 23.4. The maximum Gasteiger partial charge on any atom is 0.305 e. The third-order valence-electron chi connectivity index (χ3n) is 16.7. The Morgan fingerprint density at radius 2 is 0.603 bits per heavy atom. The van der Waals surface area contributed by atoms with Gasteiger partial charge in [-0.1, -0.05) is 334 Å². The van der Waals surface area contributed by atoms with Crippen molar-refractivity contribution >= 4 is 11.9 Å². The van der Waals surface area contributed by atoms with E-state index in [0.717, 1.165) is 44.9 Å². The van der Waals surface area contributed by atoms with E-state index < -0.39 is 12.1 Å². The summed E-state index contributed by atoms with van der Waals surface area (Å²) in [6.07, 6.45) is 85.1. The molecule has 0 bridgehead atoms. The Morgan fingerprint density at radius 1 is 0.346 bits per heavy atom. The van der Waals surface area contributed by atoms with E-state index in [-0.39, 0.29) is 18.5 Å². The number of carbonyl (C=O) groups is 2. The summed E-state index contributed by atoms with van der Waals surface area (Å²) in [5.74, 6) is -0.0252. The van der Waals surface area contributed by atoms with Crippen LogP contribution in [0.3, 0.4) is 0 Å². The Morgan fingerprint density at radius 3 is 0.910 bits per heavy atom. The zero-order valence-corrected chi connectivity index (χ0v) is 52.9. The summed E-state index contributed by atoms with van der Waals surface area (Å²) in [6, 6.07) is -0.543. The van der Waals surface area contributed by atoms with Crippen LogP contribution in [0.15, 0.2) is 24.3 Å². The predicted octanol–water partition coefficient (Wildman–Crippen LogP) is 22.9. The SMILES string of the molecule is CCCCCCCCC/C=C\CCCCCCCC(=O)OCCCCCCCCCCCCCC/C=C\CCCCCCCCCCCCC(=O)NC(CO)C(O)CCCCCCCCCCCCCCCCCCCCC. The Kier molecular flexibility index (Phi) is 66.4. The largest absolute Gasteiger partial charge is 0.466 e. The summed E-state index contributed by atoms with van der Waals surface area (Å²) in [7, 11) is 0. The number of nitrogens with one attached hydrogen (secondary N) is 1. The van der Waals surface area contributed by atoms with Crippen LogP contribution in [-0.4, -0.2) is 47.4 Å². The van der Waals surface area contributed by atoms with Crippen LogP contribution in [0.1, 0.15) is 399 Å². The van der Waals surface area contributed by atoms with Gasteiger partial charge in [0, 0.05) is 12.8 Å². The van der Waals surface area contributed by atoms with Crippen molar-refractivity contribution in [2.24, 2.45) is 0 Å². The molecule has 0 rings (SSSR count). The molecule has 0 aliphatic heterocycles. The summed E-state index contributed by atoms with van der Waals surface area (Å²) < 4.78 is 5.49. The molecule has 0 radical (unpaired) electrons. The molecular weight excluding hydrogens is 959 g/mol. The predicted molar refractivity (Wildman–Crippen MR) is 343 cm³/mol. The van der Waals surface area contributed by atoms with Crippen LogP contribution in [-0.2, 0) is 14.3 Å². The molecule has 0 saturated heterocycles. The molecule has 0 aromatic carbocycles. The fourth-order valence-corrected chi connectivity index (χ4v) is 11.3. The molecule has 0 aromatic heterocycles. The molecule has 462 valence electrons. The molecule has 2 atom stereocenters. The molecule has 0 aromatic rings. The second-order valence-corrected chi connectivity index (χ2v) is 24.6. The van der Waals surface area contributed by atoms with E-state index in [9.17, 15) is 19.8 Å². The van der Waals surface area contributed by atoms with Crippen LogP contribution < -0.4 is 5.32 Å². The Hall–Kier alpha value is -1.66. The van der Waals surface area contributed by atoms with Crippen LogP contribution in [0, 0.1) is 0 Å². The first kappa shape index (κ1) is 76.3. The van der Waals surface area contributed by atoms with E-state index >= 15 is 0 Å². The van der Waals surface area contributed by atoms with Crippen molar-refractivity contribution in [2.45, 2.75) is 411 Å². The standard InChI is InChI=1S/C72H139NO5/c1-3-5-7-9-11-13-15-17-19-21-30-33-36-40-44-48-52-56-60-64-70(75)69(68-74)73-71(76)65-61-57-53-49-45-41-37-34-31-28-26-24-22-23-25-27-29-32-35-39-43-47-51-55-59-63-67-78-72(77)66-62-58-54-50-46-42-38-20-18-16-14-12-10-8-6-4-2/h20,22,24,38,69-70,74-75H,3-19,21,23,25-37,39-68H2,1-2H3,(H,73,76)/b24-22-,38-20-. The number of amides is 1. The summed E-state index contributed by atoms with van der Waals surface area (Å²) in [6.45, 7) is 4.98. The molecule has 1 amide bonds. The van der Waals surface area contributed by atoms with Crippen molar-refractivity contribution in [3.8, 4) is 0 Å². The summed E-state index contributed by atoms with van der Waals surface area (Å²) in [5.41, 5.74) is 0. The number of rotatable bonds is 67. The number of allylic oxidation sites excluding steroid dienone is 4. The maximum absolute atomic E-state index is 12.5. The van der Waals surface area contributed by atoms with Gasteiger partial charge in [-0.15, -0.1) is 0 Å². The molecule has 6 nitrogen and oxygen atoms in total. The van der Waals surface area contributed by atoms with Crippen molar-refractivity contribution in [1.82, 2.24) is 5.32 Å². The van der Waals surface area contributed by atoms with Gasteiger partial charge in [-0.25, -0.2) is 0 Å². The third kappa shape index (κ3) is 63.5. The monoisotopic (exact) mass is 1100 g/mol. The number of esters is 1. The average molecular weight is 1100 g/mol. The van der Waals surface area contributed by atoms with E-state index in [1.54, 1.807) is 0 Å². The molecule has 0 spiro atoms. The lowest BCUT2D eigenvalue weighted by molar-refractivity contribution is -0.143. The minimum absolute atomic E-state index is 0.00778. The lowest BCUT2D eigenvalue weighted by atomic mass is 10.0. The van der Waals surface area contributed by atoms with Crippen molar-refractivity contribution in [2.75, 3.05) is 13.2 Å². The van der Waals surface area contributed by atoms with Gasteiger partial charge in [0.05, 0.1) is 25.4 Å². The van der Waals surface area contributed by atoms with Gasteiger partial charge >= 0.3 is 5.97 Å². The number of unbranched alkanes of at least 4 members (excludes halogenated alkanes) is 52. The minimum atomic E-state index is -0.666. The lowest BCUT2D eigenvalue weighted by Gasteiger charge is -2.22. The second kappa shape index (κ2) is 67.8. The number of hydrogen-bond acceptors (Lipinski definition) is 5. The van der Waals surface area contributed by atoms with Crippen LogP contribution in [0.25, 0.3) is 0 Å². The van der Waals surface area contributed by atoms with Gasteiger partial charge in [0.2, 0.25) is 5.91 Å². The van der Waals surface area contributed by atoms with Crippen molar-refractivity contribution < 1.29 is 24.5 Å². The number of ether oxygens (including phenoxy) is 1. The number of aliphatic hydroxyl groups is 2. The van der Waals surface area contributed by atoms with Gasteiger partial charge in [0.1, 0.15) is 0 Å². The van der Waals surface area contributed by atoms with Gasteiger partial charge in [-0.05, 0) is 77.0 Å². The smallest absolute Gasteiger partial charge is 0.305 e. The quantitative estimate of drug-likeness (QED) is 0.0320. The molecule has 0 aliphatic carbocycles. The molecule has 78 heavy (non-hydrogen) atoms. The van der Waals surface area contributed by atoms with E-state index in [0.29, 0.717) is 25.9 Å². The minimum Gasteiger partial charge on any atom is -0.466 e. The molecule has 0 fully saturated rings. The van der Waals surface area contributed by atoms with Gasteiger partial charge in [0.25, 0.3) is 0 Å². The molecule has 0 saturated carbocycles. The van der Waals surface area contributed by atoms with E-state index in [1.165, 1.54) is 321 Å². The Labute approximate surface area is 488 Å². The fraction of sp³-hybridized carbons (Fsp3) is 0.917. The Bertz CT molecular complexity index is 1220. The molecular formula is C72H139NO5. The number of aliphatic hydroxyl groups excluding tert-OH is 2. The summed E-state index contributed by atoms with van der Waals surface area (Å²) >= 11 is 0. The molecule has 3 N–H and O–H groups in total. The topological polar surface area (TPSA) is 95.9 Å². The third-order valence-corrected chi connectivity index (χ3v) is 16.7. The maximum atomic E-state index is 12.5. The van der Waals surface area contributed by atoms with Gasteiger partial charge in [-0.3, -0.25) is 9.59 Å². The van der Waals surface area contributed by atoms with E-state index in [2.05, 4.69) is 43.5 Å². The van der Waals surface area contributed by atoms with Crippen molar-refractivity contribution in [1.29, 1.82) is 0 Å². The fourth-order valence-electron chi connectivity index (χ4n) is 11.3. The van der Waals surface area contributed by atoms with Crippen LogP contribution in [0.2, 0.25) is 0 Å². The van der Waals surface area contributed by atoms with Crippen LogP contribution in [0.5, 0.6) is 0 Å². The first-order valence-electron chi connectivity index (χ1n) is 35.6. The van der Waals surface area contributed by atoms with E-state index in [4.69, 9.17) is 4.74 Å². The van der Waals surface area contributed by atoms with Crippen molar-refractivity contribution in [3.05, 3.63) is 24.3 Å². The van der Waals surface area contributed by atoms with Gasteiger partial charge in [0.15, 0.2) is 0 Å². The highest BCUT2D eigenvalue weighted by Gasteiger charge is 2.20. The first-order chi connectivity index (χ1) is 38.5. The highest BCUT2D eigenvalue weighted by Crippen LogP contribution is 2.19.